The predicted octanol–water partition coefficient (Wildman–Crippen LogP) is -1.86. The molecule has 1 atom stereocenters. The molecule has 0 aliphatic carbocycles. The maximum atomic E-state index is 12.4. The van der Waals surface area contributed by atoms with Gasteiger partial charge in [-0.25, -0.2) is 0 Å². The lowest BCUT2D eigenvalue weighted by Crippen LogP contribution is -2.94. The summed E-state index contributed by atoms with van der Waals surface area (Å²) in [5, 5.41) is 20.6. The lowest BCUT2D eigenvalue weighted by Gasteiger charge is -2.25. The molecule has 0 saturated carbocycles. The van der Waals surface area contributed by atoms with E-state index in [1.807, 2.05) is 19.2 Å². The highest BCUT2D eigenvalue weighted by Crippen LogP contribution is 2.03. The smallest absolute Gasteiger partial charge is 0.222 e. The van der Waals surface area contributed by atoms with Crippen molar-refractivity contribution in [3.63, 3.8) is 0 Å². The second-order valence-corrected chi connectivity index (χ2v) is 6.04. The summed E-state index contributed by atoms with van der Waals surface area (Å²) < 4.78 is 21.2. The van der Waals surface area contributed by atoms with Gasteiger partial charge in [-0.1, -0.05) is 5.76 Å². The van der Waals surface area contributed by atoms with Gasteiger partial charge < -0.3 is 40.4 Å². The molecule has 176 valence electrons. The summed E-state index contributed by atoms with van der Waals surface area (Å²) >= 11 is 0. The van der Waals surface area contributed by atoms with Gasteiger partial charge in [-0.3, -0.25) is 10.1 Å². The van der Waals surface area contributed by atoms with Gasteiger partial charge in [-0.2, -0.15) is 0 Å². The minimum Gasteiger partial charge on any atom is -0.872 e. The summed E-state index contributed by atoms with van der Waals surface area (Å²) in [4.78, 5) is 12.0. The molecule has 0 rings (SSSR count). The zero-order valence-electron chi connectivity index (χ0n) is 18.7. The van der Waals surface area contributed by atoms with E-state index in [0.717, 1.165) is 0 Å². The van der Waals surface area contributed by atoms with Gasteiger partial charge in [0.05, 0.1) is 13.1 Å². The van der Waals surface area contributed by atoms with Crippen LogP contribution in [-0.4, -0.2) is 77.1 Å². The van der Waals surface area contributed by atoms with Crippen molar-refractivity contribution in [3.05, 3.63) is 24.1 Å². The predicted molar refractivity (Wildman–Crippen MR) is 112 cm³/mol. The number of ether oxygens (including phenoxy) is 4. The number of carbonyl (C=O) groups excluding carboxylic acids is 1. The van der Waals surface area contributed by atoms with Crippen LogP contribution in [0.2, 0.25) is 0 Å². The van der Waals surface area contributed by atoms with Crippen LogP contribution in [0.4, 0.5) is 0 Å². The molecule has 0 aromatic heterocycles. The molecular weight excluding hydrogens is 392 g/mol. The number of quaternary nitrogens is 1. The second-order valence-electron chi connectivity index (χ2n) is 6.04. The third-order valence-corrected chi connectivity index (χ3v) is 3.68. The molecule has 1 unspecified atom stereocenters. The number of nitrogens with one attached hydrogen (secondary N) is 2. The van der Waals surface area contributed by atoms with E-state index in [1.165, 1.54) is 6.08 Å². The molecule has 0 aliphatic rings. The van der Waals surface area contributed by atoms with Gasteiger partial charge >= 0.3 is 0 Å². The Morgan fingerprint density at radius 1 is 1.00 bits per heavy atom. The first-order valence-electron chi connectivity index (χ1n) is 10.6. The molecule has 0 bridgehead atoms. The fourth-order valence-electron chi connectivity index (χ4n) is 2.40. The van der Waals surface area contributed by atoms with Crippen LogP contribution in [0.5, 0.6) is 0 Å². The fourth-order valence-corrected chi connectivity index (χ4v) is 2.40. The molecule has 0 radical (unpaired) electrons. The average Bonchev–Trinajstić information content (AvgIpc) is 2.73. The van der Waals surface area contributed by atoms with E-state index in [-0.39, 0.29) is 17.7 Å². The van der Waals surface area contributed by atoms with Gasteiger partial charge in [0.1, 0.15) is 0 Å². The van der Waals surface area contributed by atoms with E-state index in [1.54, 1.807) is 26.1 Å². The molecule has 0 aromatic rings. The van der Waals surface area contributed by atoms with Crippen LogP contribution in [0.1, 0.15) is 27.7 Å². The lowest BCUT2D eigenvalue weighted by atomic mass is 10.3. The van der Waals surface area contributed by atoms with Crippen molar-refractivity contribution in [2.24, 2.45) is 5.73 Å². The Kier molecular flexibility index (Phi) is 18.4. The number of ketones is 1. The molecule has 30 heavy (non-hydrogen) atoms. The summed E-state index contributed by atoms with van der Waals surface area (Å²) in [6.45, 7) is 11.0. The van der Waals surface area contributed by atoms with E-state index < -0.39 is 12.6 Å². The minimum absolute atomic E-state index is 0.235. The van der Waals surface area contributed by atoms with Gasteiger partial charge in [0.15, 0.2) is 12.5 Å². The topological polar surface area (TPSA) is 144 Å². The Bertz CT molecular complexity index is 478. The van der Waals surface area contributed by atoms with Gasteiger partial charge in [0.25, 0.3) is 0 Å². The van der Waals surface area contributed by atoms with Gasteiger partial charge in [-0.15, -0.1) is 0 Å². The van der Waals surface area contributed by atoms with E-state index in [2.05, 4.69) is 10.6 Å². The average molecular weight is 433 g/mol. The molecule has 10 nitrogen and oxygen atoms in total. The molecule has 0 spiro atoms. The van der Waals surface area contributed by atoms with Crippen molar-refractivity contribution in [1.82, 2.24) is 10.6 Å². The molecule has 0 saturated heterocycles. The Morgan fingerprint density at radius 2 is 1.57 bits per heavy atom. The summed E-state index contributed by atoms with van der Waals surface area (Å²) in [5.74, 6) is -0.490. The van der Waals surface area contributed by atoms with Gasteiger partial charge in [0.2, 0.25) is 12.1 Å². The zero-order valence-corrected chi connectivity index (χ0v) is 18.7. The summed E-state index contributed by atoms with van der Waals surface area (Å²) in [7, 11) is 0. The van der Waals surface area contributed by atoms with Crippen molar-refractivity contribution in [1.29, 1.82) is 0 Å². The molecular formula is C20H40N4O6. The van der Waals surface area contributed by atoms with Crippen LogP contribution < -0.4 is 26.8 Å². The number of nitrogens with two attached hydrogens (primary N) is 2. The Labute approximate surface area is 180 Å². The minimum atomic E-state index is -0.897. The largest absolute Gasteiger partial charge is 0.872 e. The zero-order chi connectivity index (χ0) is 22.6. The SMILES string of the molecule is CCOC(OCC)C(=O)/C=C\NCC[NH2+]C(/C=C(\[O-])C(OCC)OCC)NCCN. The summed E-state index contributed by atoms with van der Waals surface area (Å²) in [6, 6.07) is 0. The normalized spacial score (nSPS) is 13.5. The molecule has 0 aromatic carbocycles. The second kappa shape index (κ2) is 19.4. The molecule has 0 fully saturated rings. The summed E-state index contributed by atoms with van der Waals surface area (Å²) in [6.07, 6.45) is 2.46. The molecule has 0 heterocycles. The van der Waals surface area contributed by atoms with Gasteiger partial charge in [-0.05, 0) is 33.8 Å². The number of hydrogen-bond donors (Lipinski definition) is 4. The highest BCUT2D eigenvalue weighted by molar-refractivity contribution is 5.92. The molecule has 0 aliphatic heterocycles. The van der Waals surface area contributed by atoms with Crippen molar-refractivity contribution in [3.8, 4) is 0 Å². The van der Waals surface area contributed by atoms with E-state index in [4.69, 9.17) is 24.7 Å². The van der Waals surface area contributed by atoms with Crippen molar-refractivity contribution < 1.29 is 34.2 Å². The van der Waals surface area contributed by atoms with Crippen molar-refractivity contribution >= 4 is 5.78 Å². The standard InChI is InChI=1S/C20H40N4O6/c1-5-27-19(28-6-2)16(25)9-11-22-13-14-24-18(23-12-10-21)15-17(26)20(29-7-3)30-8-4/h9,11,15,18-20,22-24,26H,5-8,10,12-14,21H2,1-4H3/b11-9-,17-15-. The van der Waals surface area contributed by atoms with E-state index in [9.17, 15) is 9.90 Å². The van der Waals surface area contributed by atoms with E-state index >= 15 is 0 Å². The number of rotatable bonds is 20. The molecule has 0 amide bonds. The first-order valence-corrected chi connectivity index (χ1v) is 10.6. The third-order valence-electron chi connectivity index (χ3n) is 3.68. The maximum Gasteiger partial charge on any atom is 0.222 e. The maximum absolute atomic E-state index is 12.4. The number of carbonyl (C=O) groups is 1. The monoisotopic (exact) mass is 432 g/mol. The number of hydrogen-bond acceptors (Lipinski definition) is 9. The first-order chi connectivity index (χ1) is 14.5. The van der Waals surface area contributed by atoms with Crippen LogP contribution in [0.25, 0.3) is 0 Å². The quantitative estimate of drug-likeness (QED) is 0.0753. The van der Waals surface area contributed by atoms with Crippen LogP contribution in [0.15, 0.2) is 24.1 Å². The highest BCUT2D eigenvalue weighted by atomic mass is 16.7. The van der Waals surface area contributed by atoms with Gasteiger partial charge in [0, 0.05) is 51.8 Å². The van der Waals surface area contributed by atoms with Crippen LogP contribution in [-0.2, 0) is 23.7 Å². The third kappa shape index (κ3) is 13.6. The van der Waals surface area contributed by atoms with Crippen molar-refractivity contribution in [2.75, 3.05) is 52.6 Å². The van der Waals surface area contributed by atoms with E-state index in [0.29, 0.717) is 52.6 Å². The van der Waals surface area contributed by atoms with Crippen molar-refractivity contribution in [2.45, 2.75) is 46.4 Å². The Hall–Kier alpha value is -1.53. The Morgan fingerprint density at radius 3 is 2.10 bits per heavy atom. The Balaban J connectivity index is 4.55. The molecule has 10 heteroatoms. The summed E-state index contributed by atoms with van der Waals surface area (Å²) in [5.41, 5.74) is 5.55. The van der Waals surface area contributed by atoms with Crippen LogP contribution in [0.3, 0.4) is 0 Å². The highest BCUT2D eigenvalue weighted by Gasteiger charge is 2.15. The first kappa shape index (κ1) is 28.5. The lowest BCUT2D eigenvalue weighted by molar-refractivity contribution is -0.682. The van der Waals surface area contributed by atoms with Crippen LogP contribution >= 0.6 is 0 Å². The fraction of sp³-hybridized carbons (Fsp3) is 0.750. The molecule has 6 N–H and O–H groups in total. The van der Waals surface area contributed by atoms with Crippen LogP contribution in [0, 0.1) is 0 Å².